The summed E-state index contributed by atoms with van der Waals surface area (Å²) >= 11 is 6.05. The largest absolute Gasteiger partial charge is 0.445 e. The summed E-state index contributed by atoms with van der Waals surface area (Å²) in [6.45, 7) is 2.70. The van der Waals surface area contributed by atoms with Crippen LogP contribution in [0.15, 0.2) is 48.5 Å². The van der Waals surface area contributed by atoms with Gasteiger partial charge in [0, 0.05) is 17.1 Å². The van der Waals surface area contributed by atoms with E-state index in [2.05, 4.69) is 5.32 Å². The van der Waals surface area contributed by atoms with Crippen LogP contribution in [-0.4, -0.2) is 12.6 Å². The van der Waals surface area contributed by atoms with E-state index in [-0.39, 0.29) is 6.61 Å². The van der Waals surface area contributed by atoms with Crippen LogP contribution in [-0.2, 0) is 17.8 Å². The van der Waals surface area contributed by atoms with Crippen LogP contribution < -0.4 is 5.32 Å². The van der Waals surface area contributed by atoms with Crippen LogP contribution in [0.3, 0.4) is 0 Å². The van der Waals surface area contributed by atoms with Gasteiger partial charge >= 0.3 is 6.09 Å². The number of rotatable bonds is 5. The highest BCUT2D eigenvalue weighted by Gasteiger charge is 2.05. The van der Waals surface area contributed by atoms with Gasteiger partial charge < -0.3 is 10.1 Å². The number of hydrogen-bond acceptors (Lipinski definition) is 2. The van der Waals surface area contributed by atoms with E-state index < -0.39 is 6.09 Å². The Labute approximate surface area is 129 Å². The van der Waals surface area contributed by atoms with Gasteiger partial charge in [-0.3, -0.25) is 0 Å². The molecule has 0 aliphatic heterocycles. The van der Waals surface area contributed by atoms with Gasteiger partial charge in [-0.25, -0.2) is 4.79 Å². The minimum Gasteiger partial charge on any atom is -0.445 e. The number of carbonyl (C=O) groups is 1. The molecule has 0 aliphatic rings. The van der Waals surface area contributed by atoms with E-state index in [1.165, 1.54) is 5.56 Å². The molecule has 0 radical (unpaired) electrons. The zero-order chi connectivity index (χ0) is 15.1. The first-order valence-corrected chi connectivity index (χ1v) is 7.22. The van der Waals surface area contributed by atoms with Crippen LogP contribution in [0, 0.1) is 6.92 Å². The topological polar surface area (TPSA) is 38.3 Å². The van der Waals surface area contributed by atoms with E-state index in [0.717, 1.165) is 17.5 Å². The summed E-state index contributed by atoms with van der Waals surface area (Å²) in [6, 6.07) is 15.6. The fraction of sp³-hybridized carbons (Fsp3) is 0.235. The van der Waals surface area contributed by atoms with Crippen LogP contribution in [0.5, 0.6) is 0 Å². The maximum atomic E-state index is 11.6. The summed E-state index contributed by atoms with van der Waals surface area (Å²) in [5.41, 5.74) is 3.08. The second-order valence-corrected chi connectivity index (χ2v) is 5.24. The van der Waals surface area contributed by atoms with E-state index >= 15 is 0 Å². The molecule has 0 unspecified atom stereocenters. The molecule has 2 aromatic rings. The maximum absolute atomic E-state index is 11.6. The normalized spacial score (nSPS) is 10.2. The summed E-state index contributed by atoms with van der Waals surface area (Å²) in [5.74, 6) is 0. The summed E-state index contributed by atoms with van der Waals surface area (Å²) < 4.78 is 5.17. The Hall–Kier alpha value is -2.00. The number of ether oxygens (including phenoxy) is 1. The quantitative estimate of drug-likeness (QED) is 0.902. The number of hydrogen-bond donors (Lipinski definition) is 1. The van der Waals surface area contributed by atoms with Gasteiger partial charge in [0.1, 0.15) is 6.61 Å². The smallest absolute Gasteiger partial charge is 0.407 e. The van der Waals surface area contributed by atoms with Gasteiger partial charge in [-0.2, -0.15) is 0 Å². The van der Waals surface area contributed by atoms with E-state index in [0.29, 0.717) is 11.6 Å². The van der Waals surface area contributed by atoms with Crippen molar-refractivity contribution in [3.05, 3.63) is 70.2 Å². The van der Waals surface area contributed by atoms with Crippen molar-refractivity contribution in [3.63, 3.8) is 0 Å². The Balaban J connectivity index is 1.74. The second-order valence-electron chi connectivity index (χ2n) is 4.83. The van der Waals surface area contributed by atoms with Crippen molar-refractivity contribution >= 4 is 17.7 Å². The fourth-order valence-electron chi connectivity index (χ4n) is 1.96. The third-order valence-corrected chi connectivity index (χ3v) is 3.45. The lowest BCUT2D eigenvalue weighted by atomic mass is 10.1. The summed E-state index contributed by atoms with van der Waals surface area (Å²) in [4.78, 5) is 11.6. The lowest BCUT2D eigenvalue weighted by Gasteiger charge is -2.09. The number of benzene rings is 2. The van der Waals surface area contributed by atoms with Gasteiger partial charge in [-0.05, 0) is 25.0 Å². The molecule has 2 rings (SSSR count). The van der Waals surface area contributed by atoms with Crippen LogP contribution in [0.1, 0.15) is 16.7 Å². The molecule has 4 heteroatoms. The van der Waals surface area contributed by atoms with Gasteiger partial charge in [0.15, 0.2) is 0 Å². The molecule has 110 valence electrons. The molecule has 0 aromatic heterocycles. The van der Waals surface area contributed by atoms with Gasteiger partial charge in [0.2, 0.25) is 0 Å². The highest BCUT2D eigenvalue weighted by atomic mass is 35.5. The summed E-state index contributed by atoms with van der Waals surface area (Å²) in [5, 5.41) is 3.34. The molecule has 0 spiro atoms. The third-order valence-electron chi connectivity index (χ3n) is 3.09. The molecule has 0 saturated heterocycles. The van der Waals surface area contributed by atoms with Gasteiger partial charge in [0.25, 0.3) is 0 Å². The molecule has 0 heterocycles. The highest BCUT2D eigenvalue weighted by molar-refractivity contribution is 6.31. The first-order valence-electron chi connectivity index (χ1n) is 6.85. The number of nitrogens with one attached hydrogen (secondary N) is 1. The van der Waals surface area contributed by atoms with E-state index in [1.807, 2.05) is 55.5 Å². The van der Waals surface area contributed by atoms with Crippen LogP contribution in [0.4, 0.5) is 4.79 Å². The Morgan fingerprint density at radius 2 is 1.95 bits per heavy atom. The lowest BCUT2D eigenvalue weighted by molar-refractivity contribution is 0.140. The molecular formula is C17H18ClNO2. The minimum absolute atomic E-state index is 0.178. The maximum Gasteiger partial charge on any atom is 0.407 e. The van der Waals surface area contributed by atoms with Crippen molar-refractivity contribution in [1.82, 2.24) is 5.32 Å². The average molecular weight is 304 g/mol. The van der Waals surface area contributed by atoms with Gasteiger partial charge in [-0.15, -0.1) is 0 Å². The number of amides is 1. The van der Waals surface area contributed by atoms with Crippen molar-refractivity contribution in [2.24, 2.45) is 0 Å². The van der Waals surface area contributed by atoms with Crippen LogP contribution in [0.25, 0.3) is 0 Å². The first kappa shape index (κ1) is 15.4. The molecule has 0 saturated carbocycles. The molecule has 0 bridgehead atoms. The number of alkyl carbamates (subject to hydrolysis) is 1. The highest BCUT2D eigenvalue weighted by Crippen LogP contribution is 2.18. The molecule has 21 heavy (non-hydrogen) atoms. The van der Waals surface area contributed by atoms with Gasteiger partial charge in [-0.1, -0.05) is 59.6 Å². The van der Waals surface area contributed by atoms with Crippen molar-refractivity contribution < 1.29 is 9.53 Å². The Bertz CT molecular complexity index is 599. The fourth-order valence-corrected chi connectivity index (χ4v) is 2.13. The SMILES string of the molecule is Cc1ccc(Cl)c(COC(=O)NCCc2ccccc2)c1. The van der Waals surface area contributed by atoms with Crippen molar-refractivity contribution in [3.8, 4) is 0 Å². The molecule has 1 amide bonds. The molecule has 2 aromatic carbocycles. The minimum atomic E-state index is -0.427. The molecule has 0 atom stereocenters. The Morgan fingerprint density at radius 1 is 1.19 bits per heavy atom. The summed E-state index contributed by atoms with van der Waals surface area (Å²) in [7, 11) is 0. The molecular weight excluding hydrogens is 286 g/mol. The molecule has 3 nitrogen and oxygen atoms in total. The average Bonchev–Trinajstić information content (AvgIpc) is 2.49. The van der Waals surface area contributed by atoms with E-state index in [1.54, 1.807) is 0 Å². The Kier molecular flexibility index (Phi) is 5.64. The monoisotopic (exact) mass is 303 g/mol. The Morgan fingerprint density at radius 3 is 2.71 bits per heavy atom. The molecule has 1 N–H and O–H groups in total. The van der Waals surface area contributed by atoms with E-state index in [4.69, 9.17) is 16.3 Å². The van der Waals surface area contributed by atoms with Crippen molar-refractivity contribution in [1.29, 1.82) is 0 Å². The van der Waals surface area contributed by atoms with Crippen molar-refractivity contribution in [2.45, 2.75) is 20.0 Å². The first-order chi connectivity index (χ1) is 10.1. The predicted octanol–water partition coefficient (Wildman–Crippen LogP) is 4.12. The standard InChI is InChI=1S/C17H18ClNO2/c1-13-7-8-16(18)15(11-13)12-21-17(20)19-10-9-14-5-3-2-4-6-14/h2-8,11H,9-10,12H2,1H3,(H,19,20). The van der Waals surface area contributed by atoms with Gasteiger partial charge in [0.05, 0.1) is 0 Å². The summed E-state index contributed by atoms with van der Waals surface area (Å²) in [6.07, 6.45) is 0.352. The predicted molar refractivity (Wildman–Crippen MR) is 84.5 cm³/mol. The molecule has 0 fully saturated rings. The van der Waals surface area contributed by atoms with E-state index in [9.17, 15) is 4.79 Å². The zero-order valence-corrected chi connectivity index (χ0v) is 12.7. The number of carbonyl (C=O) groups excluding carboxylic acids is 1. The van der Waals surface area contributed by atoms with Crippen LogP contribution in [0.2, 0.25) is 5.02 Å². The lowest BCUT2D eigenvalue weighted by Crippen LogP contribution is -2.26. The van der Waals surface area contributed by atoms with Crippen LogP contribution >= 0.6 is 11.6 Å². The van der Waals surface area contributed by atoms with Crippen molar-refractivity contribution in [2.75, 3.05) is 6.54 Å². The zero-order valence-electron chi connectivity index (χ0n) is 11.9. The second kappa shape index (κ2) is 7.70. The number of halogens is 1. The number of aryl methyl sites for hydroxylation is 1. The molecule has 0 aliphatic carbocycles. The third kappa shape index (κ3) is 5.12.